The first-order valence-electron chi connectivity index (χ1n) is 6.65. The minimum absolute atomic E-state index is 0.427. The van der Waals surface area contributed by atoms with Crippen LogP contribution in [0.25, 0.3) is 0 Å². The van der Waals surface area contributed by atoms with Gasteiger partial charge in [-0.25, -0.2) is 8.42 Å². The van der Waals surface area contributed by atoms with Crippen LogP contribution in [0.3, 0.4) is 0 Å². The summed E-state index contributed by atoms with van der Waals surface area (Å²) in [5.74, 6) is 0.601. The van der Waals surface area contributed by atoms with Crippen LogP contribution in [0.15, 0.2) is 29.2 Å². The Morgan fingerprint density at radius 1 is 1.32 bits per heavy atom. The summed E-state index contributed by atoms with van der Waals surface area (Å²) in [6.07, 6.45) is 5.65. The molecule has 1 fully saturated rings. The Morgan fingerprint density at radius 2 is 2.00 bits per heavy atom. The van der Waals surface area contributed by atoms with Gasteiger partial charge in [-0.05, 0) is 37.8 Å². The van der Waals surface area contributed by atoms with Gasteiger partial charge in [-0.3, -0.25) is 0 Å². The Morgan fingerprint density at radius 3 is 2.53 bits per heavy atom. The molecule has 0 radical (unpaired) electrons. The van der Waals surface area contributed by atoms with Gasteiger partial charge in [0.15, 0.2) is 9.84 Å². The van der Waals surface area contributed by atoms with Gasteiger partial charge in [0.2, 0.25) is 0 Å². The zero-order chi connectivity index (χ0) is 13.9. The molecule has 2 rings (SSSR count). The second kappa shape index (κ2) is 6.14. The Hall–Kier alpha value is -0.740. The van der Waals surface area contributed by atoms with Gasteiger partial charge < -0.3 is 4.90 Å². The number of alkyl halides is 1. The highest BCUT2D eigenvalue weighted by atomic mass is 35.5. The molecule has 1 aliphatic carbocycles. The third-order valence-electron chi connectivity index (χ3n) is 3.62. The van der Waals surface area contributed by atoms with E-state index in [1.165, 1.54) is 12.7 Å². The predicted octanol–water partition coefficient (Wildman–Crippen LogP) is 3.08. The molecule has 1 aromatic rings. The molecule has 1 aromatic carbocycles. The highest BCUT2D eigenvalue weighted by Crippen LogP contribution is 2.33. The number of nitrogens with zero attached hydrogens (tertiary/aromatic N) is 1. The normalized spacial score (nSPS) is 16.1. The number of benzene rings is 1. The Balaban J connectivity index is 2.35. The monoisotopic (exact) mass is 301 g/mol. The zero-order valence-corrected chi connectivity index (χ0v) is 12.8. The van der Waals surface area contributed by atoms with Gasteiger partial charge in [0.05, 0.1) is 10.6 Å². The van der Waals surface area contributed by atoms with Crippen LogP contribution in [0.1, 0.15) is 25.7 Å². The summed E-state index contributed by atoms with van der Waals surface area (Å²) >= 11 is 5.78. The van der Waals surface area contributed by atoms with Gasteiger partial charge in [-0.2, -0.15) is 0 Å². The van der Waals surface area contributed by atoms with Crippen molar-refractivity contribution in [2.45, 2.75) is 36.6 Å². The van der Waals surface area contributed by atoms with E-state index >= 15 is 0 Å². The molecule has 1 saturated carbocycles. The van der Waals surface area contributed by atoms with E-state index in [2.05, 4.69) is 4.90 Å². The van der Waals surface area contributed by atoms with Crippen LogP contribution in [0.5, 0.6) is 0 Å². The van der Waals surface area contributed by atoms with E-state index in [1.54, 1.807) is 12.1 Å². The predicted molar refractivity (Wildman–Crippen MR) is 79.9 cm³/mol. The van der Waals surface area contributed by atoms with E-state index in [4.69, 9.17) is 11.6 Å². The van der Waals surface area contributed by atoms with E-state index < -0.39 is 9.84 Å². The largest absolute Gasteiger partial charge is 0.367 e. The molecular weight excluding hydrogens is 282 g/mol. The summed E-state index contributed by atoms with van der Waals surface area (Å²) in [6, 6.07) is 7.74. The number of sulfone groups is 1. The van der Waals surface area contributed by atoms with Crippen LogP contribution >= 0.6 is 11.6 Å². The van der Waals surface area contributed by atoms with E-state index in [0.717, 1.165) is 31.5 Å². The van der Waals surface area contributed by atoms with Crippen LogP contribution in [0.4, 0.5) is 5.69 Å². The molecule has 0 saturated heterocycles. The smallest absolute Gasteiger partial charge is 0.177 e. The van der Waals surface area contributed by atoms with E-state index in [1.807, 2.05) is 12.1 Å². The number of anilines is 1. The third-order valence-corrected chi connectivity index (χ3v) is 5.03. The second-order valence-electron chi connectivity index (χ2n) is 5.06. The Labute approximate surface area is 120 Å². The maximum absolute atomic E-state index is 11.9. The highest BCUT2D eigenvalue weighted by Gasteiger charge is 2.27. The van der Waals surface area contributed by atoms with Gasteiger partial charge in [-0.15, -0.1) is 11.6 Å². The summed E-state index contributed by atoms with van der Waals surface area (Å²) in [7, 11) is -3.20. The molecule has 0 bridgehead atoms. The maximum Gasteiger partial charge on any atom is 0.177 e. The number of rotatable bonds is 6. The number of hydrogen-bond acceptors (Lipinski definition) is 3. The lowest BCUT2D eigenvalue weighted by molar-refractivity contribution is 0.384. The topological polar surface area (TPSA) is 37.4 Å². The molecule has 0 spiro atoms. The fraction of sp³-hybridized carbons (Fsp3) is 0.571. The Kier molecular flexibility index (Phi) is 4.74. The first kappa shape index (κ1) is 14.7. The van der Waals surface area contributed by atoms with E-state index in [-0.39, 0.29) is 0 Å². The molecule has 1 aliphatic rings. The third kappa shape index (κ3) is 3.42. The molecule has 19 heavy (non-hydrogen) atoms. The highest BCUT2D eigenvalue weighted by molar-refractivity contribution is 7.90. The lowest BCUT2D eigenvalue weighted by Crippen LogP contribution is -2.41. The lowest BCUT2D eigenvalue weighted by atomic mass is 9.91. The molecular formula is C14H20ClNO2S. The van der Waals surface area contributed by atoms with Crippen molar-refractivity contribution in [1.82, 2.24) is 0 Å². The van der Waals surface area contributed by atoms with Gasteiger partial charge >= 0.3 is 0 Å². The van der Waals surface area contributed by atoms with Crippen LogP contribution in [-0.4, -0.2) is 33.1 Å². The molecule has 0 N–H and O–H groups in total. The summed E-state index contributed by atoms with van der Waals surface area (Å²) < 4.78 is 23.8. The summed E-state index contributed by atoms with van der Waals surface area (Å²) in [6.45, 7) is 0.820. The molecule has 0 aromatic heterocycles. The SMILES string of the molecule is CS(=O)(=O)c1ccccc1N(CCCCl)C1CCC1. The molecule has 0 amide bonds. The van der Waals surface area contributed by atoms with Crippen molar-refractivity contribution >= 4 is 27.1 Å². The summed E-state index contributed by atoms with van der Waals surface area (Å²) in [5.41, 5.74) is 0.833. The fourth-order valence-corrected chi connectivity index (χ4v) is 3.45. The van der Waals surface area contributed by atoms with Crippen LogP contribution in [0.2, 0.25) is 0 Å². The van der Waals surface area contributed by atoms with E-state index in [9.17, 15) is 8.42 Å². The average molecular weight is 302 g/mol. The minimum atomic E-state index is -3.20. The Bertz CT molecular complexity index is 526. The molecule has 0 aliphatic heterocycles. The average Bonchev–Trinajstić information content (AvgIpc) is 2.31. The number of hydrogen-bond donors (Lipinski definition) is 0. The van der Waals surface area contributed by atoms with Gasteiger partial charge in [0, 0.05) is 24.7 Å². The molecule has 106 valence electrons. The van der Waals surface area contributed by atoms with Crippen LogP contribution in [-0.2, 0) is 9.84 Å². The molecule has 5 heteroatoms. The van der Waals surface area contributed by atoms with Crippen molar-refractivity contribution in [2.75, 3.05) is 23.6 Å². The number of para-hydroxylation sites is 1. The van der Waals surface area contributed by atoms with Crippen LogP contribution < -0.4 is 4.90 Å². The minimum Gasteiger partial charge on any atom is -0.367 e. The van der Waals surface area contributed by atoms with Gasteiger partial charge in [-0.1, -0.05) is 12.1 Å². The van der Waals surface area contributed by atoms with Crippen molar-refractivity contribution in [3.05, 3.63) is 24.3 Å². The molecule has 3 nitrogen and oxygen atoms in total. The molecule has 0 unspecified atom stereocenters. The lowest BCUT2D eigenvalue weighted by Gasteiger charge is -2.40. The maximum atomic E-state index is 11.9. The van der Waals surface area contributed by atoms with Crippen molar-refractivity contribution in [2.24, 2.45) is 0 Å². The van der Waals surface area contributed by atoms with Crippen LogP contribution in [0, 0.1) is 0 Å². The second-order valence-corrected chi connectivity index (χ2v) is 7.42. The standard InChI is InChI=1S/C14H20ClNO2S/c1-19(17,18)14-9-3-2-8-13(14)16(11-5-10-15)12-6-4-7-12/h2-3,8-9,12H,4-7,10-11H2,1H3. The summed E-state index contributed by atoms with van der Waals surface area (Å²) in [4.78, 5) is 2.65. The fourth-order valence-electron chi connectivity index (χ4n) is 2.44. The van der Waals surface area contributed by atoms with Gasteiger partial charge in [0.1, 0.15) is 0 Å². The van der Waals surface area contributed by atoms with E-state index in [0.29, 0.717) is 16.8 Å². The molecule has 0 atom stereocenters. The van der Waals surface area contributed by atoms with Gasteiger partial charge in [0.25, 0.3) is 0 Å². The first-order valence-corrected chi connectivity index (χ1v) is 9.08. The van der Waals surface area contributed by atoms with Crippen molar-refractivity contribution in [1.29, 1.82) is 0 Å². The van der Waals surface area contributed by atoms with Crippen molar-refractivity contribution in [3.8, 4) is 0 Å². The first-order chi connectivity index (χ1) is 9.04. The quantitative estimate of drug-likeness (QED) is 0.758. The number of halogens is 1. The molecule has 0 heterocycles. The summed E-state index contributed by atoms with van der Waals surface area (Å²) in [5, 5.41) is 0. The van der Waals surface area contributed by atoms with Crippen molar-refractivity contribution < 1.29 is 8.42 Å². The van der Waals surface area contributed by atoms with Crippen molar-refractivity contribution in [3.63, 3.8) is 0 Å². The zero-order valence-electron chi connectivity index (χ0n) is 11.2.